The SMILES string of the molecule is CCCOCCCN=C(N)C(C#N)=C(N)c1ccc(Br)cc1. The molecule has 1 aromatic carbocycles. The highest BCUT2D eigenvalue weighted by Gasteiger charge is 2.09. The smallest absolute Gasteiger partial charge is 0.138 e. The fourth-order valence-corrected chi connectivity index (χ4v) is 1.99. The number of benzene rings is 1. The summed E-state index contributed by atoms with van der Waals surface area (Å²) in [5.41, 5.74) is 13.2. The summed E-state index contributed by atoms with van der Waals surface area (Å²) in [5, 5.41) is 9.27. The fourth-order valence-electron chi connectivity index (χ4n) is 1.72. The number of amidine groups is 1. The van der Waals surface area contributed by atoms with Gasteiger partial charge in [-0.3, -0.25) is 4.99 Å². The van der Waals surface area contributed by atoms with Gasteiger partial charge >= 0.3 is 0 Å². The van der Waals surface area contributed by atoms with Crippen molar-refractivity contribution in [2.24, 2.45) is 16.5 Å². The van der Waals surface area contributed by atoms with Crippen LogP contribution in [0, 0.1) is 11.3 Å². The maximum Gasteiger partial charge on any atom is 0.138 e. The number of nitriles is 1. The van der Waals surface area contributed by atoms with Gasteiger partial charge in [0.25, 0.3) is 0 Å². The Morgan fingerprint density at radius 3 is 2.55 bits per heavy atom. The van der Waals surface area contributed by atoms with Crippen LogP contribution in [0.5, 0.6) is 0 Å². The number of hydrogen-bond donors (Lipinski definition) is 2. The molecule has 4 N–H and O–H groups in total. The third kappa shape index (κ3) is 5.88. The number of halogens is 1. The van der Waals surface area contributed by atoms with Crippen LogP contribution < -0.4 is 11.5 Å². The highest BCUT2D eigenvalue weighted by molar-refractivity contribution is 9.10. The van der Waals surface area contributed by atoms with Gasteiger partial charge in [0.05, 0.1) is 5.70 Å². The third-order valence-corrected chi connectivity index (χ3v) is 3.40. The van der Waals surface area contributed by atoms with Crippen LogP contribution in [0.25, 0.3) is 5.70 Å². The first kappa shape index (κ1) is 18.2. The van der Waals surface area contributed by atoms with Crippen LogP contribution in [0.3, 0.4) is 0 Å². The minimum atomic E-state index is 0.165. The number of nitrogens with zero attached hydrogens (tertiary/aromatic N) is 2. The molecule has 0 aliphatic carbocycles. The zero-order chi connectivity index (χ0) is 16.4. The molecule has 1 aromatic rings. The maximum atomic E-state index is 9.27. The predicted octanol–water partition coefficient (Wildman–Crippen LogP) is 2.82. The second-order valence-corrected chi connectivity index (χ2v) is 5.56. The first-order valence-corrected chi connectivity index (χ1v) is 7.93. The van der Waals surface area contributed by atoms with Crippen LogP contribution in [0.2, 0.25) is 0 Å². The molecule has 0 bridgehead atoms. The first-order valence-electron chi connectivity index (χ1n) is 7.14. The van der Waals surface area contributed by atoms with Gasteiger partial charge in [-0.1, -0.05) is 35.0 Å². The van der Waals surface area contributed by atoms with Gasteiger partial charge in [0.15, 0.2) is 0 Å². The van der Waals surface area contributed by atoms with E-state index in [0.29, 0.717) is 18.8 Å². The summed E-state index contributed by atoms with van der Waals surface area (Å²) in [7, 11) is 0. The minimum absolute atomic E-state index is 0.165. The van der Waals surface area contributed by atoms with Gasteiger partial charge < -0.3 is 16.2 Å². The molecule has 22 heavy (non-hydrogen) atoms. The highest BCUT2D eigenvalue weighted by Crippen LogP contribution is 2.17. The van der Waals surface area contributed by atoms with Crippen LogP contribution in [0.15, 0.2) is 39.3 Å². The summed E-state index contributed by atoms with van der Waals surface area (Å²) in [6.07, 6.45) is 1.76. The van der Waals surface area contributed by atoms with Crippen LogP contribution in [-0.4, -0.2) is 25.6 Å². The summed E-state index contributed by atoms with van der Waals surface area (Å²) in [5.74, 6) is 0.165. The highest BCUT2D eigenvalue weighted by atomic mass is 79.9. The van der Waals surface area contributed by atoms with Crippen molar-refractivity contribution in [3.8, 4) is 6.07 Å². The van der Waals surface area contributed by atoms with Crippen molar-refractivity contribution < 1.29 is 4.74 Å². The molecule has 118 valence electrons. The lowest BCUT2D eigenvalue weighted by molar-refractivity contribution is 0.134. The molecular formula is C16H21BrN4O. The molecule has 0 aromatic heterocycles. The van der Waals surface area contributed by atoms with Crippen LogP contribution >= 0.6 is 15.9 Å². The van der Waals surface area contributed by atoms with E-state index >= 15 is 0 Å². The fraction of sp³-hybridized carbons (Fsp3) is 0.375. The summed E-state index contributed by atoms with van der Waals surface area (Å²) in [4.78, 5) is 4.20. The molecule has 0 atom stereocenters. The van der Waals surface area contributed by atoms with Gasteiger partial charge in [-0.25, -0.2) is 0 Å². The molecule has 0 heterocycles. The number of nitrogens with two attached hydrogens (primary N) is 2. The normalized spacial score (nSPS) is 12.7. The van der Waals surface area contributed by atoms with Crippen molar-refractivity contribution in [3.63, 3.8) is 0 Å². The molecule has 5 nitrogen and oxygen atoms in total. The van der Waals surface area contributed by atoms with E-state index in [2.05, 4.69) is 27.8 Å². The lowest BCUT2D eigenvalue weighted by atomic mass is 10.1. The van der Waals surface area contributed by atoms with E-state index in [4.69, 9.17) is 16.2 Å². The molecule has 0 radical (unpaired) electrons. The van der Waals surface area contributed by atoms with Crippen molar-refractivity contribution >= 4 is 27.5 Å². The zero-order valence-electron chi connectivity index (χ0n) is 12.7. The molecule has 0 saturated carbocycles. The van der Waals surface area contributed by atoms with Gasteiger partial charge in [-0.2, -0.15) is 5.26 Å². The largest absolute Gasteiger partial charge is 0.397 e. The molecule has 0 aliphatic rings. The Labute approximate surface area is 139 Å². The Morgan fingerprint density at radius 2 is 1.95 bits per heavy atom. The molecule has 6 heteroatoms. The maximum absolute atomic E-state index is 9.27. The summed E-state index contributed by atoms with van der Waals surface area (Å²) >= 11 is 3.36. The molecule has 0 fully saturated rings. The van der Waals surface area contributed by atoms with E-state index in [1.165, 1.54) is 0 Å². The summed E-state index contributed by atoms with van der Waals surface area (Å²) < 4.78 is 6.30. The molecule has 0 aliphatic heterocycles. The summed E-state index contributed by atoms with van der Waals surface area (Å²) in [6, 6.07) is 9.39. The molecule has 0 amide bonds. The number of rotatable bonds is 8. The van der Waals surface area contributed by atoms with Gasteiger partial charge in [-0.15, -0.1) is 0 Å². The van der Waals surface area contributed by atoms with E-state index < -0.39 is 0 Å². The topological polar surface area (TPSA) is 97.4 Å². The average molecular weight is 365 g/mol. The minimum Gasteiger partial charge on any atom is -0.397 e. The van der Waals surface area contributed by atoms with E-state index in [1.807, 2.05) is 30.3 Å². The standard InChI is InChI=1S/C16H21BrN4O/c1-2-9-22-10-3-8-21-16(20)14(11-18)15(19)12-4-6-13(17)7-5-12/h4-7H,2-3,8-10,19H2,1H3,(H2,20,21). The van der Waals surface area contributed by atoms with Crippen LogP contribution in [0.4, 0.5) is 0 Å². The van der Waals surface area contributed by atoms with E-state index in [9.17, 15) is 5.26 Å². The van der Waals surface area contributed by atoms with Crippen molar-refractivity contribution in [1.29, 1.82) is 5.26 Å². The van der Waals surface area contributed by atoms with Gasteiger partial charge in [0.2, 0.25) is 0 Å². The summed E-state index contributed by atoms with van der Waals surface area (Å²) in [6.45, 7) is 3.96. The van der Waals surface area contributed by atoms with Crippen molar-refractivity contribution in [2.45, 2.75) is 19.8 Å². The van der Waals surface area contributed by atoms with Crippen molar-refractivity contribution in [3.05, 3.63) is 39.9 Å². The Kier molecular flexibility index (Phi) is 8.26. The Bertz CT molecular complexity index is 573. The van der Waals surface area contributed by atoms with E-state index in [1.54, 1.807) is 0 Å². The Balaban J connectivity index is 2.74. The first-order chi connectivity index (χ1) is 10.6. The van der Waals surface area contributed by atoms with Gasteiger partial charge in [0, 0.05) is 24.2 Å². The Hall–Kier alpha value is -1.84. The quantitative estimate of drug-likeness (QED) is 0.320. The Morgan fingerprint density at radius 1 is 1.27 bits per heavy atom. The molecule has 0 unspecified atom stereocenters. The van der Waals surface area contributed by atoms with Crippen LogP contribution in [0.1, 0.15) is 25.3 Å². The number of ether oxygens (including phenoxy) is 1. The van der Waals surface area contributed by atoms with Gasteiger partial charge in [0.1, 0.15) is 17.5 Å². The van der Waals surface area contributed by atoms with Crippen molar-refractivity contribution in [1.82, 2.24) is 0 Å². The van der Waals surface area contributed by atoms with Crippen molar-refractivity contribution in [2.75, 3.05) is 19.8 Å². The molecular weight excluding hydrogens is 344 g/mol. The van der Waals surface area contributed by atoms with E-state index in [-0.39, 0.29) is 11.4 Å². The number of aliphatic imine (C=N–C) groups is 1. The third-order valence-electron chi connectivity index (χ3n) is 2.87. The average Bonchev–Trinajstić information content (AvgIpc) is 2.52. The second kappa shape index (κ2) is 9.98. The lowest BCUT2D eigenvalue weighted by Crippen LogP contribution is -2.19. The second-order valence-electron chi connectivity index (χ2n) is 4.64. The molecule has 0 spiro atoms. The number of hydrogen-bond acceptors (Lipinski definition) is 4. The monoisotopic (exact) mass is 364 g/mol. The molecule has 1 rings (SSSR count). The zero-order valence-corrected chi connectivity index (χ0v) is 14.3. The lowest BCUT2D eigenvalue weighted by Gasteiger charge is -2.06. The van der Waals surface area contributed by atoms with Gasteiger partial charge in [-0.05, 0) is 30.5 Å². The van der Waals surface area contributed by atoms with Crippen LogP contribution in [-0.2, 0) is 4.74 Å². The molecule has 0 saturated heterocycles. The predicted molar refractivity (Wildman–Crippen MR) is 93.1 cm³/mol. The van der Waals surface area contributed by atoms with E-state index in [0.717, 1.165) is 29.5 Å².